The van der Waals surface area contributed by atoms with E-state index in [0.717, 1.165) is 28.9 Å². The zero-order valence-electron chi connectivity index (χ0n) is 10.6. The van der Waals surface area contributed by atoms with Gasteiger partial charge in [-0.1, -0.05) is 24.0 Å². The van der Waals surface area contributed by atoms with Gasteiger partial charge in [0.2, 0.25) is 0 Å². The predicted octanol–water partition coefficient (Wildman–Crippen LogP) is 2.81. The lowest BCUT2D eigenvalue weighted by Gasteiger charge is -2.21. The topological polar surface area (TPSA) is 45.3 Å². The van der Waals surface area contributed by atoms with Gasteiger partial charge < -0.3 is 14.6 Å². The Bertz CT molecular complexity index is 379. The molecule has 0 aliphatic rings. The van der Waals surface area contributed by atoms with E-state index in [4.69, 9.17) is 12.2 Å². The number of thioether (sulfide) groups is 1. The number of carbonyl (C=O) groups excluding carboxylic acids is 1. The Kier molecular flexibility index (Phi) is 6.82. The number of ether oxygens (including phenoxy) is 1. The summed E-state index contributed by atoms with van der Waals surface area (Å²) >= 11 is 6.97. The van der Waals surface area contributed by atoms with Crippen LogP contribution < -0.4 is 4.90 Å². The van der Waals surface area contributed by atoms with Crippen LogP contribution in [0.3, 0.4) is 0 Å². The Morgan fingerprint density at radius 2 is 2.39 bits per heavy atom. The molecular weight excluding hydrogens is 268 g/mol. The quantitative estimate of drug-likeness (QED) is 0.495. The average molecular weight is 286 g/mol. The van der Waals surface area contributed by atoms with Crippen molar-refractivity contribution in [1.82, 2.24) is 4.98 Å². The van der Waals surface area contributed by atoms with Crippen molar-refractivity contribution in [1.29, 1.82) is 0 Å². The minimum Gasteiger partial charge on any atom is -0.469 e. The van der Waals surface area contributed by atoms with E-state index in [1.54, 1.807) is 11.8 Å². The molecule has 1 heterocycles. The van der Waals surface area contributed by atoms with E-state index in [2.05, 4.69) is 16.6 Å². The van der Waals surface area contributed by atoms with Crippen LogP contribution in [0.2, 0.25) is 0 Å². The van der Waals surface area contributed by atoms with Gasteiger partial charge in [-0.15, -0.1) is 0 Å². The first kappa shape index (κ1) is 15.0. The van der Waals surface area contributed by atoms with Gasteiger partial charge in [-0.05, 0) is 25.5 Å². The molecule has 0 spiro atoms. The molecule has 0 unspecified atom stereocenters. The maximum absolute atomic E-state index is 11.0. The van der Waals surface area contributed by atoms with Crippen molar-refractivity contribution < 1.29 is 9.53 Å². The summed E-state index contributed by atoms with van der Waals surface area (Å²) < 4.78 is 5.41. The molecule has 0 bridgehead atoms. The van der Waals surface area contributed by atoms with E-state index in [0.29, 0.717) is 6.42 Å². The van der Waals surface area contributed by atoms with E-state index in [-0.39, 0.29) is 5.97 Å². The maximum atomic E-state index is 11.0. The Morgan fingerprint density at radius 1 is 1.61 bits per heavy atom. The van der Waals surface area contributed by atoms with Gasteiger partial charge in [-0.3, -0.25) is 4.79 Å². The van der Waals surface area contributed by atoms with Gasteiger partial charge in [-0.25, -0.2) is 0 Å². The molecule has 6 heteroatoms. The fourth-order valence-corrected chi connectivity index (χ4v) is 2.77. The number of anilines is 1. The molecular formula is C12H18N2O2S2. The molecule has 0 aliphatic carbocycles. The lowest BCUT2D eigenvalue weighted by molar-refractivity contribution is -0.140. The number of hydrogen-bond acceptors (Lipinski definition) is 4. The summed E-state index contributed by atoms with van der Waals surface area (Å²) in [5.74, 6) is 1.66. The third-order valence-corrected chi connectivity index (χ3v) is 3.92. The Morgan fingerprint density at radius 3 is 2.94 bits per heavy atom. The van der Waals surface area contributed by atoms with Crippen molar-refractivity contribution in [3.05, 3.63) is 18.3 Å². The van der Waals surface area contributed by atoms with Crippen LogP contribution in [0.4, 0.5) is 5.82 Å². The lowest BCUT2D eigenvalue weighted by Crippen LogP contribution is -2.27. The zero-order chi connectivity index (χ0) is 13.4. The second-order valence-electron chi connectivity index (χ2n) is 3.59. The molecule has 1 rings (SSSR count). The zero-order valence-corrected chi connectivity index (χ0v) is 12.3. The first-order chi connectivity index (χ1) is 8.69. The van der Waals surface area contributed by atoms with Crippen LogP contribution in [0.25, 0.3) is 0 Å². The average Bonchev–Trinajstić information content (AvgIpc) is 2.89. The molecule has 0 aliphatic heterocycles. The normalized spacial score (nSPS) is 10.1. The number of methoxy groups -OCH3 is 1. The van der Waals surface area contributed by atoms with Crippen molar-refractivity contribution in [2.24, 2.45) is 0 Å². The number of thiocarbonyl (C=S) groups is 1. The highest BCUT2D eigenvalue weighted by Crippen LogP contribution is 2.18. The van der Waals surface area contributed by atoms with Gasteiger partial charge >= 0.3 is 5.97 Å². The Balaban J connectivity index is 2.33. The number of H-pyrrole nitrogens is 1. The fraction of sp³-hybridized carbons (Fsp3) is 0.500. The molecule has 1 aromatic rings. The second kappa shape index (κ2) is 8.16. The smallest absolute Gasteiger partial charge is 0.305 e. The minimum atomic E-state index is -0.168. The molecule has 100 valence electrons. The number of hydrogen-bond donors (Lipinski definition) is 1. The van der Waals surface area contributed by atoms with E-state index in [1.807, 2.05) is 23.2 Å². The number of nitrogens with zero attached hydrogens (tertiary/aromatic N) is 1. The Hall–Kier alpha value is -1.01. The third-order valence-electron chi connectivity index (χ3n) is 2.39. The van der Waals surface area contributed by atoms with Gasteiger partial charge in [-0.2, -0.15) is 0 Å². The van der Waals surface area contributed by atoms with Gasteiger partial charge in [0, 0.05) is 24.9 Å². The summed E-state index contributed by atoms with van der Waals surface area (Å²) in [5, 5.41) is 0. The van der Waals surface area contributed by atoms with Gasteiger partial charge in [0.15, 0.2) is 0 Å². The fourth-order valence-electron chi connectivity index (χ4n) is 1.44. The highest BCUT2D eigenvalue weighted by Gasteiger charge is 2.11. The van der Waals surface area contributed by atoms with Crippen molar-refractivity contribution >= 4 is 40.1 Å². The van der Waals surface area contributed by atoms with Crippen LogP contribution in [0.15, 0.2) is 18.3 Å². The number of carbonyl (C=O) groups is 1. The molecule has 4 nitrogen and oxygen atoms in total. The summed E-state index contributed by atoms with van der Waals surface area (Å²) in [5.41, 5.74) is 0. The van der Waals surface area contributed by atoms with Crippen LogP contribution >= 0.6 is 24.0 Å². The SMILES string of the molecule is CCN(C(=S)SCCCC(=O)OC)c1ccc[nH]1. The molecule has 0 fully saturated rings. The molecule has 0 amide bonds. The van der Waals surface area contributed by atoms with Crippen molar-refractivity contribution in [3.8, 4) is 0 Å². The van der Waals surface area contributed by atoms with E-state index in [1.165, 1.54) is 7.11 Å². The molecule has 18 heavy (non-hydrogen) atoms. The minimum absolute atomic E-state index is 0.168. The monoisotopic (exact) mass is 286 g/mol. The molecule has 0 saturated heterocycles. The van der Waals surface area contributed by atoms with Gasteiger partial charge in [0.05, 0.1) is 7.11 Å². The first-order valence-corrected chi connectivity index (χ1v) is 7.23. The largest absolute Gasteiger partial charge is 0.469 e. The molecule has 1 aromatic heterocycles. The summed E-state index contributed by atoms with van der Waals surface area (Å²) in [7, 11) is 1.41. The van der Waals surface area contributed by atoms with Crippen LogP contribution in [-0.2, 0) is 9.53 Å². The highest BCUT2D eigenvalue weighted by atomic mass is 32.2. The van der Waals surface area contributed by atoms with Crippen molar-refractivity contribution in [2.75, 3.05) is 24.3 Å². The summed E-state index contributed by atoms with van der Waals surface area (Å²) in [6.45, 7) is 2.88. The Labute approximate surface area is 117 Å². The van der Waals surface area contributed by atoms with E-state index in [9.17, 15) is 4.79 Å². The number of rotatable bonds is 6. The standard InChI is InChI=1S/C12H18N2O2S2/c1-3-14(10-6-4-8-13-10)12(17)18-9-5-7-11(15)16-2/h4,6,8,13H,3,5,7,9H2,1-2H3. The first-order valence-electron chi connectivity index (χ1n) is 5.83. The summed E-state index contributed by atoms with van der Waals surface area (Å²) in [6, 6.07) is 3.94. The highest BCUT2D eigenvalue weighted by molar-refractivity contribution is 8.23. The maximum Gasteiger partial charge on any atom is 0.305 e. The number of esters is 1. The summed E-state index contributed by atoms with van der Waals surface area (Å²) in [4.78, 5) is 16.1. The molecule has 0 atom stereocenters. The number of aromatic nitrogens is 1. The van der Waals surface area contributed by atoms with E-state index >= 15 is 0 Å². The number of aromatic amines is 1. The molecule has 1 N–H and O–H groups in total. The van der Waals surface area contributed by atoms with Crippen molar-refractivity contribution in [3.63, 3.8) is 0 Å². The van der Waals surface area contributed by atoms with Crippen LogP contribution in [-0.4, -0.2) is 34.7 Å². The third kappa shape index (κ3) is 4.70. The van der Waals surface area contributed by atoms with Crippen LogP contribution in [0.1, 0.15) is 19.8 Å². The van der Waals surface area contributed by atoms with Gasteiger partial charge in [0.1, 0.15) is 10.1 Å². The van der Waals surface area contributed by atoms with E-state index < -0.39 is 0 Å². The van der Waals surface area contributed by atoms with Gasteiger partial charge in [0.25, 0.3) is 0 Å². The number of nitrogens with one attached hydrogen (secondary N) is 1. The van der Waals surface area contributed by atoms with Crippen LogP contribution in [0.5, 0.6) is 0 Å². The lowest BCUT2D eigenvalue weighted by atomic mass is 10.3. The van der Waals surface area contributed by atoms with Crippen LogP contribution in [0, 0.1) is 0 Å². The molecule has 0 aromatic carbocycles. The molecule has 0 radical (unpaired) electrons. The van der Waals surface area contributed by atoms with Crippen molar-refractivity contribution in [2.45, 2.75) is 19.8 Å². The second-order valence-corrected chi connectivity index (χ2v) is 5.32. The summed E-state index contributed by atoms with van der Waals surface area (Å²) in [6.07, 6.45) is 3.10. The predicted molar refractivity (Wildman–Crippen MR) is 80.1 cm³/mol. The molecule has 0 saturated carbocycles.